The van der Waals surface area contributed by atoms with Crippen LogP contribution in [-0.2, 0) is 27.8 Å². The van der Waals surface area contributed by atoms with Gasteiger partial charge < -0.3 is 4.90 Å². The first-order chi connectivity index (χ1) is 14.9. The van der Waals surface area contributed by atoms with Gasteiger partial charge in [-0.25, -0.2) is 8.42 Å². The van der Waals surface area contributed by atoms with Gasteiger partial charge in [0.1, 0.15) is 0 Å². The van der Waals surface area contributed by atoms with Gasteiger partial charge in [-0.05, 0) is 54.8 Å². The SMILES string of the molecule is C[C@H]1Cc2cc(Br)ccc2N1C(=O)CN(Cc1ccccc1)S(=O)(=O)c1ccccc1. The second-order valence-electron chi connectivity index (χ2n) is 7.66. The molecule has 31 heavy (non-hydrogen) atoms. The summed E-state index contributed by atoms with van der Waals surface area (Å²) in [5.74, 6) is -0.232. The summed E-state index contributed by atoms with van der Waals surface area (Å²) in [5.41, 5.74) is 2.75. The molecule has 0 radical (unpaired) electrons. The van der Waals surface area contributed by atoms with Gasteiger partial charge in [-0.2, -0.15) is 4.31 Å². The number of hydrogen-bond acceptors (Lipinski definition) is 3. The molecule has 1 aliphatic rings. The van der Waals surface area contributed by atoms with Crippen molar-refractivity contribution in [2.24, 2.45) is 0 Å². The maximum atomic E-state index is 13.4. The first-order valence-electron chi connectivity index (χ1n) is 10.1. The third-order valence-electron chi connectivity index (χ3n) is 5.42. The molecule has 3 aromatic rings. The fraction of sp³-hybridized carbons (Fsp3) is 0.208. The zero-order valence-electron chi connectivity index (χ0n) is 17.1. The first kappa shape index (κ1) is 21.7. The molecule has 160 valence electrons. The van der Waals surface area contributed by atoms with Crippen LogP contribution in [0.1, 0.15) is 18.1 Å². The van der Waals surface area contributed by atoms with Crippen LogP contribution in [0.25, 0.3) is 0 Å². The Kier molecular flexibility index (Phi) is 6.27. The Labute approximate surface area is 191 Å². The van der Waals surface area contributed by atoms with Crippen molar-refractivity contribution in [3.8, 4) is 0 Å². The standard InChI is InChI=1S/C24H23BrN2O3S/c1-18-14-20-15-21(25)12-13-23(20)27(18)24(28)17-26(16-19-8-4-2-5-9-19)31(29,30)22-10-6-3-7-11-22/h2-13,15,18H,14,16-17H2,1H3/t18-/m0/s1. The van der Waals surface area contributed by atoms with Gasteiger partial charge in [-0.3, -0.25) is 4.79 Å². The van der Waals surface area contributed by atoms with Crippen LogP contribution in [0, 0.1) is 0 Å². The molecule has 1 aliphatic heterocycles. The number of rotatable bonds is 6. The highest BCUT2D eigenvalue weighted by Gasteiger charge is 2.34. The van der Waals surface area contributed by atoms with Gasteiger partial charge in [0.2, 0.25) is 15.9 Å². The van der Waals surface area contributed by atoms with Crippen LogP contribution in [0.4, 0.5) is 5.69 Å². The molecule has 0 bridgehead atoms. The van der Waals surface area contributed by atoms with Gasteiger partial charge in [-0.15, -0.1) is 0 Å². The third kappa shape index (κ3) is 4.59. The molecule has 1 heterocycles. The van der Waals surface area contributed by atoms with Crippen molar-refractivity contribution in [2.45, 2.75) is 30.8 Å². The Balaban J connectivity index is 1.66. The van der Waals surface area contributed by atoms with E-state index in [-0.39, 0.29) is 29.9 Å². The van der Waals surface area contributed by atoms with Crippen LogP contribution in [0.15, 0.2) is 88.2 Å². The summed E-state index contributed by atoms with van der Waals surface area (Å²) >= 11 is 3.48. The predicted octanol–water partition coefficient (Wildman–Crippen LogP) is 4.62. The fourth-order valence-corrected chi connectivity index (χ4v) is 5.77. The van der Waals surface area contributed by atoms with Crippen molar-refractivity contribution in [3.05, 3.63) is 94.5 Å². The minimum absolute atomic E-state index is 0.0326. The minimum atomic E-state index is -3.85. The molecule has 0 fully saturated rings. The molecule has 0 N–H and O–H groups in total. The monoisotopic (exact) mass is 498 g/mol. The molecule has 4 rings (SSSR count). The number of anilines is 1. The van der Waals surface area contributed by atoms with Gasteiger partial charge in [0.15, 0.2) is 0 Å². The number of amides is 1. The van der Waals surface area contributed by atoms with E-state index in [1.54, 1.807) is 35.2 Å². The number of benzene rings is 3. The lowest BCUT2D eigenvalue weighted by Crippen LogP contribution is -2.44. The van der Waals surface area contributed by atoms with E-state index in [1.165, 1.54) is 4.31 Å². The second kappa shape index (κ2) is 8.94. The van der Waals surface area contributed by atoms with Crippen molar-refractivity contribution >= 4 is 37.5 Å². The Hall–Kier alpha value is -2.48. The number of carbonyl (C=O) groups is 1. The zero-order chi connectivity index (χ0) is 22.0. The largest absolute Gasteiger partial charge is 0.308 e. The lowest BCUT2D eigenvalue weighted by atomic mass is 10.1. The van der Waals surface area contributed by atoms with Crippen LogP contribution in [0.2, 0.25) is 0 Å². The van der Waals surface area contributed by atoms with Crippen molar-refractivity contribution in [2.75, 3.05) is 11.4 Å². The van der Waals surface area contributed by atoms with Gasteiger partial charge in [0.25, 0.3) is 0 Å². The lowest BCUT2D eigenvalue weighted by molar-refractivity contribution is -0.119. The molecule has 1 amide bonds. The van der Waals surface area contributed by atoms with E-state index in [4.69, 9.17) is 0 Å². The van der Waals surface area contributed by atoms with E-state index in [0.717, 1.165) is 27.7 Å². The number of hydrogen-bond donors (Lipinski definition) is 0. The molecular formula is C24H23BrN2O3S. The predicted molar refractivity (Wildman–Crippen MR) is 125 cm³/mol. The fourth-order valence-electron chi connectivity index (χ4n) is 3.96. The van der Waals surface area contributed by atoms with Crippen molar-refractivity contribution in [1.29, 1.82) is 0 Å². The van der Waals surface area contributed by atoms with E-state index >= 15 is 0 Å². The van der Waals surface area contributed by atoms with Crippen LogP contribution in [-0.4, -0.2) is 31.2 Å². The highest BCUT2D eigenvalue weighted by Crippen LogP contribution is 2.34. The highest BCUT2D eigenvalue weighted by molar-refractivity contribution is 9.10. The Morgan fingerprint density at radius 2 is 1.68 bits per heavy atom. The number of sulfonamides is 1. The van der Waals surface area contributed by atoms with Crippen LogP contribution < -0.4 is 4.90 Å². The quantitative estimate of drug-likeness (QED) is 0.498. The summed E-state index contributed by atoms with van der Waals surface area (Å²) in [6, 6.07) is 23.4. The van der Waals surface area contributed by atoms with Crippen molar-refractivity contribution < 1.29 is 13.2 Å². The maximum Gasteiger partial charge on any atom is 0.243 e. The van der Waals surface area contributed by atoms with E-state index in [9.17, 15) is 13.2 Å². The normalized spacial score (nSPS) is 15.8. The molecule has 7 heteroatoms. The third-order valence-corrected chi connectivity index (χ3v) is 7.72. The molecule has 1 atom stereocenters. The Morgan fingerprint density at radius 3 is 2.35 bits per heavy atom. The molecule has 0 aliphatic carbocycles. The molecule has 0 aromatic heterocycles. The van der Waals surface area contributed by atoms with E-state index in [0.29, 0.717) is 0 Å². The highest BCUT2D eigenvalue weighted by atomic mass is 79.9. The molecule has 0 spiro atoms. The van der Waals surface area contributed by atoms with Crippen LogP contribution in [0.3, 0.4) is 0 Å². The van der Waals surface area contributed by atoms with Gasteiger partial charge in [0.05, 0.1) is 11.4 Å². The summed E-state index contributed by atoms with van der Waals surface area (Å²) in [4.78, 5) is 15.3. The zero-order valence-corrected chi connectivity index (χ0v) is 19.5. The van der Waals surface area contributed by atoms with Gasteiger partial charge in [-0.1, -0.05) is 64.5 Å². The second-order valence-corrected chi connectivity index (χ2v) is 10.5. The number of nitrogens with zero attached hydrogens (tertiary/aromatic N) is 2. The summed E-state index contributed by atoms with van der Waals surface area (Å²) < 4.78 is 29.0. The lowest BCUT2D eigenvalue weighted by Gasteiger charge is -2.27. The summed E-state index contributed by atoms with van der Waals surface area (Å²) in [6.07, 6.45) is 0.741. The molecule has 5 nitrogen and oxygen atoms in total. The topological polar surface area (TPSA) is 57.7 Å². The summed E-state index contributed by atoms with van der Waals surface area (Å²) in [6.45, 7) is 1.88. The molecule has 3 aromatic carbocycles. The maximum absolute atomic E-state index is 13.4. The Morgan fingerprint density at radius 1 is 1.03 bits per heavy atom. The van der Waals surface area contributed by atoms with Gasteiger partial charge in [0, 0.05) is 22.7 Å². The number of halogens is 1. The summed E-state index contributed by atoms with van der Waals surface area (Å²) in [5, 5.41) is 0. The molecule has 0 saturated carbocycles. The Bertz CT molecular complexity index is 1180. The smallest absolute Gasteiger partial charge is 0.243 e. The van der Waals surface area contributed by atoms with Crippen molar-refractivity contribution in [1.82, 2.24) is 4.31 Å². The first-order valence-corrected chi connectivity index (χ1v) is 12.3. The van der Waals surface area contributed by atoms with E-state index in [1.807, 2.05) is 55.5 Å². The van der Waals surface area contributed by atoms with Crippen LogP contribution >= 0.6 is 15.9 Å². The van der Waals surface area contributed by atoms with Crippen LogP contribution in [0.5, 0.6) is 0 Å². The average molecular weight is 499 g/mol. The number of carbonyl (C=O) groups excluding carboxylic acids is 1. The number of fused-ring (bicyclic) bond motifs is 1. The van der Waals surface area contributed by atoms with Gasteiger partial charge >= 0.3 is 0 Å². The van der Waals surface area contributed by atoms with E-state index < -0.39 is 10.0 Å². The molecule has 0 saturated heterocycles. The molecular weight excluding hydrogens is 476 g/mol. The minimum Gasteiger partial charge on any atom is -0.308 e. The summed E-state index contributed by atoms with van der Waals surface area (Å²) in [7, 11) is -3.85. The van der Waals surface area contributed by atoms with Crippen molar-refractivity contribution in [3.63, 3.8) is 0 Å². The van der Waals surface area contributed by atoms with E-state index in [2.05, 4.69) is 15.9 Å². The average Bonchev–Trinajstić information content (AvgIpc) is 3.09. The molecule has 0 unspecified atom stereocenters.